The zero-order valence-electron chi connectivity index (χ0n) is 19.3. The van der Waals surface area contributed by atoms with Crippen molar-refractivity contribution in [2.45, 2.75) is 104 Å². The van der Waals surface area contributed by atoms with Gasteiger partial charge >= 0.3 is 0 Å². The Bertz CT molecular complexity index is 608. The number of allylic oxidation sites excluding steroid dienone is 3. The molecule has 2 aliphatic carbocycles. The largest absolute Gasteiger partial charge is 0.393 e. The highest BCUT2D eigenvalue weighted by Crippen LogP contribution is 2.50. The molecule has 0 aliphatic heterocycles. The average Bonchev–Trinajstić information content (AvgIpc) is 2.58. The summed E-state index contributed by atoms with van der Waals surface area (Å²) < 4.78 is 0. The molecule has 2 rings (SSSR count). The third-order valence-electron chi connectivity index (χ3n) is 7.48. The summed E-state index contributed by atoms with van der Waals surface area (Å²) >= 11 is 0. The van der Waals surface area contributed by atoms with Crippen LogP contribution in [0.25, 0.3) is 0 Å². The van der Waals surface area contributed by atoms with E-state index in [2.05, 4.69) is 39.5 Å². The Morgan fingerprint density at radius 1 is 1.24 bits per heavy atom. The second-order valence-electron chi connectivity index (χ2n) is 10.9. The maximum absolute atomic E-state index is 10.0. The van der Waals surface area contributed by atoms with Crippen LogP contribution in [-0.2, 0) is 0 Å². The van der Waals surface area contributed by atoms with E-state index in [-0.39, 0.29) is 5.41 Å². The average molecular weight is 405 g/mol. The number of hydrogen-bond donors (Lipinski definition) is 3. The van der Waals surface area contributed by atoms with Crippen molar-refractivity contribution in [2.75, 3.05) is 0 Å². The molecular formula is C26H44O3. The Kier molecular flexibility index (Phi) is 8.35. The molecule has 0 spiro atoms. The molecule has 2 saturated carbocycles. The quantitative estimate of drug-likeness (QED) is 0.520. The Hall–Kier alpha value is -0.900. The first kappa shape index (κ1) is 24.4. The van der Waals surface area contributed by atoms with E-state index < -0.39 is 17.8 Å². The van der Waals surface area contributed by atoms with Gasteiger partial charge in [-0.15, -0.1) is 0 Å². The fourth-order valence-corrected chi connectivity index (χ4v) is 5.56. The van der Waals surface area contributed by atoms with Crippen LogP contribution in [0.5, 0.6) is 0 Å². The number of rotatable bonds is 7. The first-order chi connectivity index (χ1) is 13.4. The summed E-state index contributed by atoms with van der Waals surface area (Å²) in [7, 11) is 0. The summed E-state index contributed by atoms with van der Waals surface area (Å²) in [5, 5.41) is 30.0. The highest BCUT2D eigenvalue weighted by molar-refractivity contribution is 5.37. The lowest BCUT2D eigenvalue weighted by Gasteiger charge is -2.47. The summed E-state index contributed by atoms with van der Waals surface area (Å²) in [6.45, 7) is 15.0. The smallest absolute Gasteiger partial charge is 0.0811 e. The molecule has 0 aromatic rings. The van der Waals surface area contributed by atoms with E-state index in [0.29, 0.717) is 30.6 Å². The molecule has 166 valence electrons. The van der Waals surface area contributed by atoms with Gasteiger partial charge in [0.15, 0.2) is 0 Å². The van der Waals surface area contributed by atoms with Gasteiger partial charge in [0.1, 0.15) is 0 Å². The third kappa shape index (κ3) is 6.80. The van der Waals surface area contributed by atoms with Gasteiger partial charge in [0.05, 0.1) is 17.8 Å². The van der Waals surface area contributed by atoms with Crippen LogP contribution in [0, 0.1) is 23.2 Å². The van der Waals surface area contributed by atoms with Crippen molar-refractivity contribution < 1.29 is 15.3 Å². The Labute approximate surface area is 178 Å². The molecule has 0 saturated heterocycles. The fourth-order valence-electron chi connectivity index (χ4n) is 5.56. The minimum Gasteiger partial charge on any atom is -0.393 e. The zero-order valence-corrected chi connectivity index (χ0v) is 19.3. The highest BCUT2D eigenvalue weighted by Gasteiger charge is 2.41. The lowest BCUT2D eigenvalue weighted by Crippen LogP contribution is -2.39. The molecule has 2 fully saturated rings. The Morgan fingerprint density at radius 2 is 1.93 bits per heavy atom. The van der Waals surface area contributed by atoms with Crippen LogP contribution < -0.4 is 0 Å². The van der Waals surface area contributed by atoms with Gasteiger partial charge in [0, 0.05) is 6.42 Å². The summed E-state index contributed by atoms with van der Waals surface area (Å²) in [5.74, 6) is 1.88. The zero-order chi connectivity index (χ0) is 21.8. The van der Waals surface area contributed by atoms with Gasteiger partial charge in [-0.25, -0.2) is 0 Å². The van der Waals surface area contributed by atoms with Gasteiger partial charge in [0.25, 0.3) is 0 Å². The minimum absolute atomic E-state index is 0.240. The second kappa shape index (κ2) is 9.94. The molecule has 2 aliphatic rings. The van der Waals surface area contributed by atoms with E-state index in [1.807, 2.05) is 19.9 Å². The van der Waals surface area contributed by atoms with Gasteiger partial charge in [-0.3, -0.25) is 0 Å². The van der Waals surface area contributed by atoms with Gasteiger partial charge in [-0.1, -0.05) is 64.8 Å². The van der Waals surface area contributed by atoms with Crippen LogP contribution in [0.1, 0.15) is 86.0 Å². The van der Waals surface area contributed by atoms with Crippen molar-refractivity contribution in [1.82, 2.24) is 0 Å². The highest BCUT2D eigenvalue weighted by atomic mass is 16.3. The second-order valence-corrected chi connectivity index (χ2v) is 10.9. The van der Waals surface area contributed by atoms with Crippen LogP contribution in [0.4, 0.5) is 0 Å². The summed E-state index contributed by atoms with van der Waals surface area (Å²) in [5.41, 5.74) is 1.40. The number of aliphatic hydroxyl groups excluding tert-OH is 2. The molecule has 29 heavy (non-hydrogen) atoms. The van der Waals surface area contributed by atoms with Crippen LogP contribution >= 0.6 is 0 Å². The molecule has 3 nitrogen and oxygen atoms in total. The normalized spacial score (nSPS) is 33.4. The first-order valence-corrected chi connectivity index (χ1v) is 11.6. The Morgan fingerprint density at radius 3 is 2.59 bits per heavy atom. The van der Waals surface area contributed by atoms with Gasteiger partial charge in [-0.05, 0) is 73.8 Å². The predicted molar refractivity (Wildman–Crippen MR) is 122 cm³/mol. The molecule has 3 heteroatoms. The van der Waals surface area contributed by atoms with E-state index in [1.165, 1.54) is 25.7 Å². The summed E-state index contributed by atoms with van der Waals surface area (Å²) in [6, 6.07) is 0. The van der Waals surface area contributed by atoms with Crippen molar-refractivity contribution in [1.29, 1.82) is 0 Å². The maximum Gasteiger partial charge on any atom is 0.0811 e. The topological polar surface area (TPSA) is 60.7 Å². The van der Waals surface area contributed by atoms with E-state index in [0.717, 1.165) is 24.0 Å². The molecule has 0 amide bonds. The molecule has 3 N–H and O–H groups in total. The van der Waals surface area contributed by atoms with E-state index in [4.69, 9.17) is 0 Å². The van der Waals surface area contributed by atoms with Crippen LogP contribution in [0.2, 0.25) is 0 Å². The predicted octanol–water partition coefficient (Wildman–Crippen LogP) is 5.56. The first-order valence-electron chi connectivity index (χ1n) is 11.6. The lowest BCUT2D eigenvalue weighted by atomic mass is 9.58. The maximum atomic E-state index is 10.0. The SMILES string of the molecule is C=C1/C(=C\C=C\[C@@H]2CCC[C@H]([C@H](C)CCCC(C)(C)O)C2(C)C)C[C@@H](O)C[C@@H]1O. The summed E-state index contributed by atoms with van der Waals surface area (Å²) in [6.07, 6.45) is 13.3. The molecule has 0 heterocycles. The number of hydrogen-bond acceptors (Lipinski definition) is 3. The molecule has 0 aromatic carbocycles. The van der Waals surface area contributed by atoms with E-state index in [9.17, 15) is 15.3 Å². The van der Waals surface area contributed by atoms with Gasteiger partial charge in [0.2, 0.25) is 0 Å². The van der Waals surface area contributed by atoms with Crippen LogP contribution in [0.3, 0.4) is 0 Å². The van der Waals surface area contributed by atoms with Crippen molar-refractivity contribution >= 4 is 0 Å². The van der Waals surface area contributed by atoms with Crippen LogP contribution in [-0.4, -0.2) is 33.1 Å². The molecule has 0 unspecified atom stereocenters. The molecule has 0 radical (unpaired) electrons. The summed E-state index contributed by atoms with van der Waals surface area (Å²) in [4.78, 5) is 0. The molecule has 5 atom stereocenters. The van der Waals surface area contributed by atoms with Crippen molar-refractivity contribution in [3.63, 3.8) is 0 Å². The van der Waals surface area contributed by atoms with Crippen LogP contribution in [0.15, 0.2) is 36.0 Å². The number of aliphatic hydroxyl groups is 3. The van der Waals surface area contributed by atoms with E-state index in [1.54, 1.807) is 0 Å². The molecule has 0 bridgehead atoms. The van der Waals surface area contributed by atoms with E-state index >= 15 is 0 Å². The fraction of sp³-hybridized carbons (Fsp3) is 0.769. The van der Waals surface area contributed by atoms with Crippen molar-refractivity contribution in [2.24, 2.45) is 23.2 Å². The molecule has 0 aromatic heterocycles. The van der Waals surface area contributed by atoms with Gasteiger partial charge in [-0.2, -0.15) is 0 Å². The minimum atomic E-state index is -0.626. The monoisotopic (exact) mass is 404 g/mol. The lowest BCUT2D eigenvalue weighted by molar-refractivity contribution is 0.0364. The standard InChI is InChI=1S/C26H44O3/c1-18(10-9-15-25(3,4)29)23-14-8-13-21(26(23,5)6)12-7-11-20-16-22(27)17-24(28)19(20)2/h7,11-12,18,21-24,27-29H,2,8-10,13-17H2,1,3-6H3/b12-7+,20-11-/t18-,21-,22-,23-,24+/m1/s1. The Balaban J connectivity index is 2.01. The third-order valence-corrected chi connectivity index (χ3v) is 7.48. The molecular weight excluding hydrogens is 360 g/mol. The van der Waals surface area contributed by atoms with Gasteiger partial charge < -0.3 is 15.3 Å². The van der Waals surface area contributed by atoms with Crippen molar-refractivity contribution in [3.05, 3.63) is 36.0 Å². The van der Waals surface area contributed by atoms with Crippen molar-refractivity contribution in [3.8, 4) is 0 Å².